The van der Waals surface area contributed by atoms with Gasteiger partial charge >= 0.3 is 5.97 Å². The number of thiazole rings is 1. The average molecular weight is 367 g/mol. The van der Waals surface area contributed by atoms with Gasteiger partial charge in [0.05, 0.1) is 35.7 Å². The molecule has 1 aromatic heterocycles. The van der Waals surface area contributed by atoms with E-state index in [1.54, 1.807) is 6.07 Å². The Kier molecular flexibility index (Phi) is 5.22. The van der Waals surface area contributed by atoms with Crippen LogP contribution in [0.5, 0.6) is 0 Å². The smallest absolute Gasteiger partial charge is 0.335 e. The summed E-state index contributed by atoms with van der Waals surface area (Å²) in [5.41, 5.74) is 7.33. The average Bonchev–Trinajstić information content (AvgIpc) is 3.18. The van der Waals surface area contributed by atoms with E-state index in [0.717, 1.165) is 14.6 Å². The molecule has 9 heteroatoms. The van der Waals surface area contributed by atoms with Gasteiger partial charge in [-0.25, -0.2) is 9.78 Å². The van der Waals surface area contributed by atoms with Crippen LogP contribution >= 0.6 is 23.1 Å². The lowest BCUT2D eigenvalue weighted by Gasteiger charge is -2.10. The summed E-state index contributed by atoms with van der Waals surface area (Å²) in [6.45, 7) is 0.316. The lowest BCUT2D eigenvalue weighted by atomic mass is 10.2. The van der Waals surface area contributed by atoms with Crippen molar-refractivity contribution in [2.24, 2.45) is 0 Å². The zero-order valence-corrected chi connectivity index (χ0v) is 14.6. The third-order valence-corrected chi connectivity index (χ3v) is 5.71. The van der Waals surface area contributed by atoms with Crippen molar-refractivity contribution in [2.75, 3.05) is 25.2 Å². The number of carbonyl (C=O) groups is 2. The number of anilines is 1. The number of hydrogen-bond acceptors (Lipinski definition) is 8. The third-order valence-electron chi connectivity index (χ3n) is 3.55. The highest BCUT2D eigenvalue weighted by molar-refractivity contribution is 8.01. The second-order valence-corrected chi connectivity index (χ2v) is 7.59. The Bertz CT molecular complexity index is 764. The maximum atomic E-state index is 12.0. The van der Waals surface area contributed by atoms with Gasteiger partial charge < -0.3 is 20.5 Å². The first-order chi connectivity index (χ1) is 11.5. The van der Waals surface area contributed by atoms with Crippen molar-refractivity contribution in [3.63, 3.8) is 0 Å². The number of benzene rings is 1. The fourth-order valence-corrected chi connectivity index (χ4v) is 4.33. The highest BCUT2D eigenvalue weighted by Crippen LogP contribution is 2.30. The fourth-order valence-electron chi connectivity index (χ4n) is 2.40. The van der Waals surface area contributed by atoms with Gasteiger partial charge in [-0.3, -0.25) is 4.79 Å². The van der Waals surface area contributed by atoms with Crippen molar-refractivity contribution >= 4 is 50.9 Å². The van der Waals surface area contributed by atoms with Gasteiger partial charge in [0.25, 0.3) is 0 Å². The molecule has 2 aromatic rings. The van der Waals surface area contributed by atoms with E-state index in [0.29, 0.717) is 18.7 Å². The van der Waals surface area contributed by atoms with E-state index in [2.05, 4.69) is 15.0 Å². The molecule has 2 heterocycles. The van der Waals surface area contributed by atoms with Crippen LogP contribution in [0.25, 0.3) is 10.2 Å². The van der Waals surface area contributed by atoms with Gasteiger partial charge in [-0.2, -0.15) is 0 Å². The Morgan fingerprint density at radius 1 is 1.54 bits per heavy atom. The number of rotatable bonds is 5. The van der Waals surface area contributed by atoms with Crippen LogP contribution in [0.2, 0.25) is 0 Å². The van der Waals surface area contributed by atoms with Crippen LogP contribution < -0.4 is 11.1 Å². The van der Waals surface area contributed by atoms with Gasteiger partial charge in [-0.1, -0.05) is 11.8 Å². The minimum atomic E-state index is -0.595. The largest absolute Gasteiger partial charge is 0.467 e. The van der Waals surface area contributed by atoms with Crippen LogP contribution in [-0.2, 0) is 19.1 Å². The predicted molar refractivity (Wildman–Crippen MR) is 93.1 cm³/mol. The second-order valence-electron chi connectivity index (χ2n) is 5.34. The van der Waals surface area contributed by atoms with E-state index in [1.165, 1.54) is 30.2 Å². The molecule has 1 aromatic carbocycles. The van der Waals surface area contributed by atoms with Crippen LogP contribution in [0.1, 0.15) is 6.42 Å². The molecule has 1 aliphatic heterocycles. The maximum Gasteiger partial charge on any atom is 0.335 e. The highest BCUT2D eigenvalue weighted by Gasteiger charge is 2.32. The monoisotopic (exact) mass is 367 g/mol. The summed E-state index contributed by atoms with van der Waals surface area (Å²) in [4.78, 5) is 27.9. The third kappa shape index (κ3) is 3.97. The summed E-state index contributed by atoms with van der Waals surface area (Å²) in [6, 6.07) is 5.38. The minimum Gasteiger partial charge on any atom is -0.467 e. The summed E-state index contributed by atoms with van der Waals surface area (Å²) < 4.78 is 11.8. The van der Waals surface area contributed by atoms with Crippen LogP contribution in [0.15, 0.2) is 22.5 Å². The molecule has 1 amide bonds. The number of hydrogen-bond donors (Lipinski definition) is 2. The van der Waals surface area contributed by atoms with Crippen molar-refractivity contribution in [3.8, 4) is 0 Å². The molecule has 0 unspecified atom stereocenters. The summed E-state index contributed by atoms with van der Waals surface area (Å²) in [6.07, 6.45) is -0.161. The Hall–Kier alpha value is -1.84. The second kappa shape index (κ2) is 7.37. The van der Waals surface area contributed by atoms with Gasteiger partial charge in [0, 0.05) is 12.1 Å². The number of nitrogens with two attached hydrogens (primary N) is 1. The number of nitrogens with one attached hydrogen (secondary N) is 1. The van der Waals surface area contributed by atoms with E-state index in [1.807, 2.05) is 12.1 Å². The molecule has 3 N–H and O–H groups in total. The zero-order valence-electron chi connectivity index (χ0n) is 13.0. The minimum absolute atomic E-state index is 0.113. The molecule has 0 spiro atoms. The molecule has 1 saturated heterocycles. The van der Waals surface area contributed by atoms with E-state index in [-0.39, 0.29) is 17.7 Å². The first kappa shape index (κ1) is 17.0. The zero-order chi connectivity index (χ0) is 17.1. The van der Waals surface area contributed by atoms with Gasteiger partial charge in [0.2, 0.25) is 5.91 Å². The van der Waals surface area contributed by atoms with Crippen LogP contribution in [0, 0.1) is 0 Å². The molecule has 128 valence electrons. The summed E-state index contributed by atoms with van der Waals surface area (Å²) in [5, 5.41) is 2.87. The lowest BCUT2D eigenvalue weighted by Crippen LogP contribution is -2.36. The van der Waals surface area contributed by atoms with Crippen LogP contribution in [0.4, 0.5) is 5.69 Å². The Morgan fingerprint density at radius 2 is 2.38 bits per heavy atom. The number of nitrogens with zero attached hydrogens (tertiary/aromatic N) is 1. The molecule has 0 radical (unpaired) electrons. The van der Waals surface area contributed by atoms with Crippen molar-refractivity contribution in [3.05, 3.63) is 18.2 Å². The fraction of sp³-hybridized carbons (Fsp3) is 0.400. The normalized spacial score (nSPS) is 20.2. The standard InChI is InChI=1S/C15H17N3O4S2/c1-21-14(20)11-5-9(6-22-11)17-13(19)7-23-15-18-10-3-2-8(16)4-12(10)24-15/h2-4,9,11H,5-7,16H2,1H3,(H,17,19)/t9-,11-/m0/s1. The summed E-state index contributed by atoms with van der Waals surface area (Å²) >= 11 is 2.89. The molecule has 3 rings (SSSR count). The van der Waals surface area contributed by atoms with E-state index in [9.17, 15) is 9.59 Å². The first-order valence-electron chi connectivity index (χ1n) is 7.33. The van der Waals surface area contributed by atoms with E-state index < -0.39 is 12.1 Å². The number of carbonyl (C=O) groups excluding carboxylic acids is 2. The predicted octanol–water partition coefficient (Wildman–Crippen LogP) is 1.42. The quantitative estimate of drug-likeness (QED) is 0.468. The van der Waals surface area contributed by atoms with Gasteiger partial charge in [0.1, 0.15) is 0 Å². The highest BCUT2D eigenvalue weighted by atomic mass is 32.2. The number of esters is 1. The van der Waals surface area contributed by atoms with Gasteiger partial charge in [0.15, 0.2) is 10.4 Å². The van der Waals surface area contributed by atoms with Gasteiger partial charge in [-0.15, -0.1) is 11.3 Å². The van der Waals surface area contributed by atoms with Crippen molar-refractivity contribution < 1.29 is 19.1 Å². The number of fused-ring (bicyclic) bond motifs is 1. The Morgan fingerprint density at radius 3 is 3.17 bits per heavy atom. The molecule has 0 saturated carbocycles. The molecule has 0 bridgehead atoms. The Labute approximate surface area is 146 Å². The molecule has 7 nitrogen and oxygen atoms in total. The maximum absolute atomic E-state index is 12.0. The number of aromatic nitrogens is 1. The number of amides is 1. The molecule has 2 atom stereocenters. The molecular weight excluding hydrogens is 350 g/mol. The molecule has 0 aliphatic carbocycles. The first-order valence-corrected chi connectivity index (χ1v) is 9.13. The van der Waals surface area contributed by atoms with Gasteiger partial charge in [-0.05, 0) is 18.2 Å². The lowest BCUT2D eigenvalue weighted by molar-refractivity contribution is -0.151. The number of thioether (sulfide) groups is 1. The van der Waals surface area contributed by atoms with Crippen LogP contribution in [0.3, 0.4) is 0 Å². The Balaban J connectivity index is 1.49. The number of ether oxygens (including phenoxy) is 2. The number of methoxy groups -OCH3 is 1. The van der Waals surface area contributed by atoms with Crippen molar-refractivity contribution in [2.45, 2.75) is 22.9 Å². The van der Waals surface area contributed by atoms with Crippen LogP contribution in [-0.4, -0.2) is 48.5 Å². The number of nitrogen functional groups attached to an aromatic ring is 1. The molecule has 24 heavy (non-hydrogen) atoms. The molecule has 1 aliphatic rings. The molecular formula is C15H17N3O4S2. The van der Waals surface area contributed by atoms with E-state index >= 15 is 0 Å². The molecule has 1 fully saturated rings. The van der Waals surface area contributed by atoms with E-state index in [4.69, 9.17) is 10.5 Å². The topological polar surface area (TPSA) is 104 Å². The summed E-state index contributed by atoms with van der Waals surface area (Å²) in [7, 11) is 1.32. The SMILES string of the molecule is COC(=O)[C@@H]1C[C@H](NC(=O)CSc2nc3ccc(N)cc3s2)CO1. The summed E-state index contributed by atoms with van der Waals surface area (Å²) in [5.74, 6) is -0.262. The van der Waals surface area contributed by atoms with Crippen molar-refractivity contribution in [1.29, 1.82) is 0 Å². The van der Waals surface area contributed by atoms with Crippen molar-refractivity contribution in [1.82, 2.24) is 10.3 Å².